The molecule has 1 aliphatic rings. The third-order valence-electron chi connectivity index (χ3n) is 3.47. The van der Waals surface area contributed by atoms with Gasteiger partial charge < -0.3 is 4.74 Å². The van der Waals surface area contributed by atoms with Crippen LogP contribution in [0.25, 0.3) is 0 Å². The Morgan fingerprint density at radius 1 is 1.40 bits per heavy atom. The molecule has 0 fully saturated rings. The van der Waals surface area contributed by atoms with Gasteiger partial charge in [0, 0.05) is 12.5 Å². The fourth-order valence-electron chi connectivity index (χ4n) is 2.55. The molecule has 1 aliphatic heterocycles. The number of methoxy groups -OCH3 is 1. The Hall–Kier alpha value is -1.56. The van der Waals surface area contributed by atoms with E-state index in [9.17, 15) is 13.2 Å². The number of anilines is 1. The Morgan fingerprint density at radius 3 is 2.75 bits per heavy atom. The standard InChI is InChI=1S/C14H19NO4S/c1-3-8-20(17,18)15-10-11(9-14(16)19-2)12-6-4-5-7-13(12)15/h4-7,11H,3,8-10H2,1-2H3. The minimum Gasteiger partial charge on any atom is -0.469 e. The first-order chi connectivity index (χ1) is 9.49. The molecule has 0 saturated heterocycles. The van der Waals surface area contributed by atoms with Crippen molar-refractivity contribution in [1.29, 1.82) is 0 Å². The van der Waals surface area contributed by atoms with Gasteiger partial charge in [0.25, 0.3) is 0 Å². The molecule has 0 N–H and O–H groups in total. The van der Waals surface area contributed by atoms with E-state index >= 15 is 0 Å². The number of nitrogens with zero attached hydrogens (tertiary/aromatic N) is 1. The number of esters is 1. The van der Waals surface area contributed by atoms with Gasteiger partial charge >= 0.3 is 5.97 Å². The van der Waals surface area contributed by atoms with Crippen LogP contribution in [0.1, 0.15) is 31.2 Å². The fourth-order valence-corrected chi connectivity index (χ4v) is 4.16. The molecular formula is C14H19NO4S. The number of para-hydroxylation sites is 1. The normalized spacial score (nSPS) is 17.9. The molecule has 1 heterocycles. The van der Waals surface area contributed by atoms with Crippen molar-refractivity contribution in [3.63, 3.8) is 0 Å². The zero-order valence-corrected chi connectivity index (χ0v) is 12.5. The maximum atomic E-state index is 12.3. The zero-order valence-electron chi connectivity index (χ0n) is 11.7. The van der Waals surface area contributed by atoms with Crippen LogP contribution in [0.3, 0.4) is 0 Å². The first-order valence-electron chi connectivity index (χ1n) is 6.65. The third kappa shape index (κ3) is 2.80. The third-order valence-corrected chi connectivity index (χ3v) is 5.41. The van der Waals surface area contributed by atoms with Crippen LogP contribution in [0, 0.1) is 0 Å². The molecule has 0 bridgehead atoms. The lowest BCUT2D eigenvalue weighted by Gasteiger charge is -2.19. The van der Waals surface area contributed by atoms with Gasteiger partial charge in [-0.3, -0.25) is 9.10 Å². The molecule has 6 heteroatoms. The maximum absolute atomic E-state index is 12.3. The summed E-state index contributed by atoms with van der Waals surface area (Å²) in [6.07, 6.45) is 0.772. The highest BCUT2D eigenvalue weighted by Crippen LogP contribution is 2.39. The average Bonchev–Trinajstić information content (AvgIpc) is 2.78. The lowest BCUT2D eigenvalue weighted by atomic mass is 9.98. The lowest BCUT2D eigenvalue weighted by Crippen LogP contribution is -2.32. The summed E-state index contributed by atoms with van der Waals surface area (Å²) in [5.41, 5.74) is 1.59. The molecule has 5 nitrogen and oxygen atoms in total. The number of hydrogen-bond donors (Lipinski definition) is 0. The van der Waals surface area contributed by atoms with E-state index in [-0.39, 0.29) is 24.1 Å². The molecule has 0 amide bonds. The topological polar surface area (TPSA) is 63.7 Å². The van der Waals surface area contributed by atoms with Crippen LogP contribution in [0.2, 0.25) is 0 Å². The first kappa shape index (κ1) is 14.8. The fraction of sp³-hybridized carbons (Fsp3) is 0.500. The Kier molecular flexibility index (Phi) is 4.32. The van der Waals surface area contributed by atoms with E-state index in [1.807, 2.05) is 25.1 Å². The second kappa shape index (κ2) is 5.83. The average molecular weight is 297 g/mol. The van der Waals surface area contributed by atoms with Gasteiger partial charge in [0.05, 0.1) is 25.0 Å². The van der Waals surface area contributed by atoms with Gasteiger partial charge in [0.2, 0.25) is 10.0 Å². The molecule has 0 saturated carbocycles. The predicted molar refractivity (Wildman–Crippen MR) is 77.2 cm³/mol. The van der Waals surface area contributed by atoms with Crippen LogP contribution in [-0.2, 0) is 19.6 Å². The maximum Gasteiger partial charge on any atom is 0.306 e. The van der Waals surface area contributed by atoms with E-state index in [4.69, 9.17) is 0 Å². The van der Waals surface area contributed by atoms with Crippen LogP contribution < -0.4 is 4.31 Å². The Bertz CT molecular complexity index is 597. The molecule has 0 spiro atoms. The predicted octanol–water partition coefficient (Wildman–Crippen LogP) is 1.89. The van der Waals surface area contributed by atoms with Crippen LogP contribution >= 0.6 is 0 Å². The Morgan fingerprint density at radius 2 is 2.10 bits per heavy atom. The number of sulfonamides is 1. The zero-order chi connectivity index (χ0) is 14.8. The summed E-state index contributed by atoms with van der Waals surface area (Å²) in [5.74, 6) is -0.337. The minimum absolute atomic E-state index is 0.117. The number of fused-ring (bicyclic) bond motifs is 1. The van der Waals surface area contributed by atoms with Gasteiger partial charge in [0.1, 0.15) is 0 Å². The van der Waals surface area contributed by atoms with E-state index < -0.39 is 10.0 Å². The molecule has 0 aromatic heterocycles. The molecule has 1 atom stereocenters. The number of carbonyl (C=O) groups is 1. The van der Waals surface area contributed by atoms with Crippen LogP contribution in [0.15, 0.2) is 24.3 Å². The largest absolute Gasteiger partial charge is 0.469 e. The highest BCUT2D eigenvalue weighted by Gasteiger charge is 2.35. The van der Waals surface area contributed by atoms with Gasteiger partial charge in [0.15, 0.2) is 0 Å². The van der Waals surface area contributed by atoms with Crippen LogP contribution in [-0.4, -0.2) is 33.8 Å². The van der Waals surface area contributed by atoms with E-state index in [1.165, 1.54) is 11.4 Å². The molecular weight excluding hydrogens is 278 g/mol. The van der Waals surface area contributed by atoms with Crippen molar-refractivity contribution in [3.05, 3.63) is 29.8 Å². The van der Waals surface area contributed by atoms with Gasteiger partial charge in [-0.25, -0.2) is 8.42 Å². The Balaban J connectivity index is 2.33. The molecule has 1 aromatic rings. The highest BCUT2D eigenvalue weighted by molar-refractivity contribution is 7.92. The van der Waals surface area contributed by atoms with Gasteiger partial charge in [-0.05, 0) is 18.1 Å². The van der Waals surface area contributed by atoms with Crippen molar-refractivity contribution < 1.29 is 17.9 Å². The van der Waals surface area contributed by atoms with Crippen molar-refractivity contribution in [2.75, 3.05) is 23.7 Å². The molecule has 20 heavy (non-hydrogen) atoms. The summed E-state index contributed by atoms with van der Waals surface area (Å²) >= 11 is 0. The van der Waals surface area contributed by atoms with Crippen molar-refractivity contribution >= 4 is 21.7 Å². The van der Waals surface area contributed by atoms with E-state index in [2.05, 4.69) is 4.74 Å². The summed E-state index contributed by atoms with van der Waals surface area (Å²) in [4.78, 5) is 11.5. The van der Waals surface area contributed by atoms with Crippen molar-refractivity contribution in [2.45, 2.75) is 25.7 Å². The Labute approximate surface area is 119 Å². The van der Waals surface area contributed by atoms with Crippen molar-refractivity contribution in [3.8, 4) is 0 Å². The minimum atomic E-state index is -3.32. The molecule has 0 aliphatic carbocycles. The molecule has 1 unspecified atom stereocenters. The number of hydrogen-bond acceptors (Lipinski definition) is 4. The van der Waals surface area contributed by atoms with Crippen LogP contribution in [0.4, 0.5) is 5.69 Å². The summed E-state index contributed by atoms with van der Waals surface area (Å²) < 4.78 is 30.7. The smallest absolute Gasteiger partial charge is 0.306 e. The highest BCUT2D eigenvalue weighted by atomic mass is 32.2. The monoisotopic (exact) mass is 297 g/mol. The van der Waals surface area contributed by atoms with Crippen LogP contribution in [0.5, 0.6) is 0 Å². The number of ether oxygens (including phenoxy) is 1. The second-order valence-corrected chi connectivity index (χ2v) is 6.90. The van der Waals surface area contributed by atoms with E-state index in [1.54, 1.807) is 6.07 Å². The molecule has 1 aromatic carbocycles. The lowest BCUT2D eigenvalue weighted by molar-refractivity contribution is -0.140. The van der Waals surface area contributed by atoms with Gasteiger partial charge in [-0.15, -0.1) is 0 Å². The molecule has 110 valence electrons. The van der Waals surface area contributed by atoms with E-state index in [0.717, 1.165) is 5.56 Å². The number of benzene rings is 1. The quantitative estimate of drug-likeness (QED) is 0.779. The molecule has 2 rings (SSSR count). The summed E-state index contributed by atoms with van der Waals surface area (Å²) in [6.45, 7) is 2.15. The SMILES string of the molecule is CCCS(=O)(=O)N1CC(CC(=O)OC)c2ccccc21. The van der Waals surface area contributed by atoms with Gasteiger partial charge in [-0.1, -0.05) is 25.1 Å². The summed E-state index contributed by atoms with van der Waals surface area (Å²) in [6, 6.07) is 7.34. The van der Waals surface area contributed by atoms with Crippen molar-refractivity contribution in [2.24, 2.45) is 0 Å². The number of rotatable bonds is 5. The summed E-state index contributed by atoms with van der Waals surface area (Å²) in [5, 5.41) is 0. The summed E-state index contributed by atoms with van der Waals surface area (Å²) in [7, 11) is -1.98. The number of carbonyl (C=O) groups excluding carboxylic acids is 1. The molecule has 0 radical (unpaired) electrons. The van der Waals surface area contributed by atoms with Crippen molar-refractivity contribution in [1.82, 2.24) is 0 Å². The van der Waals surface area contributed by atoms with Gasteiger partial charge in [-0.2, -0.15) is 0 Å². The van der Waals surface area contributed by atoms with E-state index in [0.29, 0.717) is 18.7 Å². The first-order valence-corrected chi connectivity index (χ1v) is 8.26. The second-order valence-electron chi connectivity index (χ2n) is 4.88.